The topological polar surface area (TPSA) is 103 Å². The lowest BCUT2D eigenvalue weighted by atomic mass is 10.1. The number of benzene rings is 1. The van der Waals surface area contributed by atoms with Gasteiger partial charge in [-0.1, -0.05) is 24.3 Å². The number of H-pyrrole nitrogens is 1. The minimum absolute atomic E-state index is 0.0737. The highest BCUT2D eigenvalue weighted by atomic mass is 16.2. The van der Waals surface area contributed by atoms with Crippen LogP contribution in [-0.4, -0.2) is 58.5 Å². The van der Waals surface area contributed by atoms with Crippen LogP contribution < -0.4 is 16.3 Å². The van der Waals surface area contributed by atoms with E-state index in [-0.39, 0.29) is 5.91 Å². The van der Waals surface area contributed by atoms with E-state index in [0.29, 0.717) is 23.6 Å². The van der Waals surface area contributed by atoms with E-state index in [9.17, 15) is 9.59 Å². The molecule has 2 aromatic heterocycles. The zero-order valence-corrected chi connectivity index (χ0v) is 15.9. The highest BCUT2D eigenvalue weighted by Crippen LogP contribution is 2.15. The Morgan fingerprint density at radius 1 is 1.17 bits per heavy atom. The summed E-state index contributed by atoms with van der Waals surface area (Å²) in [7, 11) is 0. The van der Waals surface area contributed by atoms with Crippen LogP contribution >= 0.6 is 0 Å². The maximum Gasteiger partial charge on any atom is 0.348 e. The van der Waals surface area contributed by atoms with Crippen LogP contribution in [0.1, 0.15) is 15.9 Å². The van der Waals surface area contributed by atoms with Gasteiger partial charge < -0.3 is 15.5 Å². The number of amides is 1. The summed E-state index contributed by atoms with van der Waals surface area (Å²) in [5.41, 5.74) is 1.76. The van der Waals surface area contributed by atoms with E-state index in [1.165, 1.54) is 0 Å². The molecular formula is C21H22N6O2. The number of carbonyl (C=O) groups excluding carboxylic acids is 1. The molecule has 8 nitrogen and oxygen atoms in total. The van der Waals surface area contributed by atoms with Gasteiger partial charge in [0.25, 0.3) is 5.91 Å². The van der Waals surface area contributed by atoms with Crippen LogP contribution in [0.4, 0.5) is 5.82 Å². The summed E-state index contributed by atoms with van der Waals surface area (Å²) in [5.74, 6) is 0.572. The lowest BCUT2D eigenvalue weighted by Crippen LogP contribution is -2.46. The highest BCUT2D eigenvalue weighted by molar-refractivity contribution is 5.94. The molecular weight excluding hydrogens is 368 g/mol. The molecule has 1 saturated heterocycles. The Hall–Kier alpha value is -3.52. The number of hydrogen-bond donors (Lipinski definition) is 3. The van der Waals surface area contributed by atoms with Crippen LogP contribution in [0.2, 0.25) is 0 Å². The second-order valence-electron chi connectivity index (χ2n) is 6.74. The zero-order valence-electron chi connectivity index (χ0n) is 15.9. The Labute approximate surface area is 167 Å². The van der Waals surface area contributed by atoms with Gasteiger partial charge in [0.05, 0.1) is 5.39 Å². The Morgan fingerprint density at radius 3 is 2.76 bits per heavy atom. The van der Waals surface area contributed by atoms with Crippen molar-refractivity contribution in [2.45, 2.75) is 0 Å². The van der Waals surface area contributed by atoms with Crippen LogP contribution in [-0.2, 0) is 0 Å². The molecule has 0 spiro atoms. The average molecular weight is 390 g/mol. The maximum atomic E-state index is 12.5. The largest absolute Gasteiger partial charge is 0.366 e. The van der Waals surface area contributed by atoms with E-state index in [0.717, 1.165) is 37.1 Å². The average Bonchev–Trinajstić information content (AvgIpc) is 2.77. The molecule has 1 aromatic carbocycles. The molecule has 1 fully saturated rings. The van der Waals surface area contributed by atoms with Gasteiger partial charge in [0.15, 0.2) is 0 Å². The molecule has 0 unspecified atom stereocenters. The van der Waals surface area contributed by atoms with Crippen molar-refractivity contribution >= 4 is 28.8 Å². The third kappa shape index (κ3) is 4.49. The molecule has 1 aliphatic rings. The standard InChI is InChI=1S/C21H22N6O2/c28-20(27-13-11-22-12-14-27)16-7-5-15(6-8-16)3-1-9-23-18-17-4-2-10-24-19(17)26-21(29)25-18/h1-8,10,22H,9,11-14H2,(H2,23,24,25,26,29). The third-order valence-electron chi connectivity index (χ3n) is 4.76. The first-order valence-electron chi connectivity index (χ1n) is 9.56. The molecule has 4 rings (SSSR count). The predicted octanol–water partition coefficient (Wildman–Crippen LogP) is 1.49. The SMILES string of the molecule is O=C(c1ccc(C=CCNc2nc(=O)[nH]c3ncccc23)cc1)N1CCNCC1. The third-order valence-corrected chi connectivity index (χ3v) is 4.76. The molecule has 3 heterocycles. The fourth-order valence-corrected chi connectivity index (χ4v) is 3.26. The van der Waals surface area contributed by atoms with Crippen LogP contribution in [0.3, 0.4) is 0 Å². The molecule has 3 N–H and O–H groups in total. The number of aromatic amines is 1. The zero-order chi connectivity index (χ0) is 20.1. The number of rotatable bonds is 5. The lowest BCUT2D eigenvalue weighted by molar-refractivity contribution is 0.0736. The molecule has 0 saturated carbocycles. The van der Waals surface area contributed by atoms with Gasteiger partial charge in [-0.05, 0) is 29.8 Å². The number of hydrogen-bond acceptors (Lipinski definition) is 6. The predicted molar refractivity (Wildman–Crippen MR) is 113 cm³/mol. The van der Waals surface area contributed by atoms with Gasteiger partial charge >= 0.3 is 5.69 Å². The molecule has 1 aliphatic heterocycles. The Bertz CT molecular complexity index is 1080. The van der Waals surface area contributed by atoms with Crippen LogP contribution in [0, 0.1) is 0 Å². The quantitative estimate of drug-likeness (QED) is 0.610. The van der Waals surface area contributed by atoms with Gasteiger partial charge in [-0.25, -0.2) is 9.78 Å². The molecule has 0 radical (unpaired) electrons. The monoisotopic (exact) mass is 390 g/mol. The number of nitrogens with zero attached hydrogens (tertiary/aromatic N) is 3. The maximum absolute atomic E-state index is 12.5. The van der Waals surface area contributed by atoms with E-state index in [2.05, 4.69) is 25.6 Å². The van der Waals surface area contributed by atoms with Crippen molar-refractivity contribution in [2.24, 2.45) is 0 Å². The van der Waals surface area contributed by atoms with Crippen molar-refractivity contribution in [2.75, 3.05) is 38.0 Å². The van der Waals surface area contributed by atoms with Crippen LogP contribution in [0.5, 0.6) is 0 Å². The minimum atomic E-state index is -0.438. The van der Waals surface area contributed by atoms with Gasteiger partial charge in [-0.2, -0.15) is 4.98 Å². The van der Waals surface area contributed by atoms with Crippen molar-refractivity contribution < 1.29 is 4.79 Å². The van der Waals surface area contributed by atoms with E-state index in [1.54, 1.807) is 12.3 Å². The van der Waals surface area contributed by atoms with Gasteiger partial charge in [-0.3, -0.25) is 9.78 Å². The summed E-state index contributed by atoms with van der Waals surface area (Å²) in [4.78, 5) is 36.8. The van der Waals surface area contributed by atoms with Gasteiger partial charge in [0.2, 0.25) is 0 Å². The van der Waals surface area contributed by atoms with Crippen molar-refractivity contribution in [3.8, 4) is 0 Å². The number of nitrogens with one attached hydrogen (secondary N) is 3. The van der Waals surface area contributed by atoms with Crippen LogP contribution in [0.15, 0.2) is 53.5 Å². The Morgan fingerprint density at radius 2 is 1.97 bits per heavy atom. The molecule has 3 aromatic rings. The van der Waals surface area contributed by atoms with E-state index in [4.69, 9.17) is 0 Å². The molecule has 148 valence electrons. The fraction of sp³-hybridized carbons (Fsp3) is 0.238. The van der Waals surface area contributed by atoms with Crippen molar-refractivity contribution in [1.29, 1.82) is 0 Å². The fourth-order valence-electron chi connectivity index (χ4n) is 3.26. The second-order valence-corrected chi connectivity index (χ2v) is 6.74. The summed E-state index contributed by atoms with van der Waals surface area (Å²) in [6.45, 7) is 3.67. The summed E-state index contributed by atoms with van der Waals surface area (Å²) in [6.07, 6.45) is 5.52. The highest BCUT2D eigenvalue weighted by Gasteiger charge is 2.17. The number of piperazine rings is 1. The van der Waals surface area contributed by atoms with Gasteiger partial charge in [-0.15, -0.1) is 0 Å². The summed E-state index contributed by atoms with van der Waals surface area (Å²) >= 11 is 0. The lowest BCUT2D eigenvalue weighted by Gasteiger charge is -2.27. The Kier molecular flexibility index (Phi) is 5.62. The number of carbonyl (C=O) groups is 1. The molecule has 0 atom stereocenters. The first-order chi connectivity index (χ1) is 14.2. The second kappa shape index (κ2) is 8.66. The number of anilines is 1. The number of fused-ring (bicyclic) bond motifs is 1. The van der Waals surface area contributed by atoms with Crippen molar-refractivity contribution in [3.63, 3.8) is 0 Å². The van der Waals surface area contributed by atoms with E-state index >= 15 is 0 Å². The molecule has 0 bridgehead atoms. The summed E-state index contributed by atoms with van der Waals surface area (Å²) < 4.78 is 0. The van der Waals surface area contributed by atoms with Gasteiger partial charge in [0, 0.05) is 44.5 Å². The molecule has 0 aliphatic carbocycles. The normalized spacial score (nSPS) is 14.4. The van der Waals surface area contributed by atoms with Gasteiger partial charge in [0.1, 0.15) is 11.5 Å². The van der Waals surface area contributed by atoms with Crippen molar-refractivity contribution in [3.05, 3.63) is 70.3 Å². The summed E-state index contributed by atoms with van der Waals surface area (Å²) in [5, 5.41) is 7.15. The van der Waals surface area contributed by atoms with E-state index < -0.39 is 5.69 Å². The van der Waals surface area contributed by atoms with Crippen molar-refractivity contribution in [1.82, 2.24) is 25.2 Å². The molecule has 1 amide bonds. The minimum Gasteiger partial charge on any atom is -0.366 e. The number of aromatic nitrogens is 3. The smallest absolute Gasteiger partial charge is 0.348 e. The van der Waals surface area contributed by atoms with E-state index in [1.807, 2.05) is 47.4 Å². The Balaban J connectivity index is 1.38. The first-order valence-corrected chi connectivity index (χ1v) is 9.56. The first kappa shape index (κ1) is 18.8. The molecule has 8 heteroatoms. The number of pyridine rings is 1. The van der Waals surface area contributed by atoms with Crippen LogP contribution in [0.25, 0.3) is 17.1 Å². The molecule has 29 heavy (non-hydrogen) atoms. The summed E-state index contributed by atoms with van der Waals surface area (Å²) in [6, 6.07) is 11.2.